The van der Waals surface area contributed by atoms with Gasteiger partial charge in [-0.2, -0.15) is 0 Å². The Morgan fingerprint density at radius 3 is 2.57 bits per heavy atom. The lowest BCUT2D eigenvalue weighted by molar-refractivity contribution is -0.116. The molecular formula is C19H25ClN4O3S. The number of urea groups is 1. The van der Waals surface area contributed by atoms with Crippen LogP contribution in [0.1, 0.15) is 37.6 Å². The van der Waals surface area contributed by atoms with Crippen molar-refractivity contribution in [2.75, 3.05) is 24.3 Å². The van der Waals surface area contributed by atoms with Gasteiger partial charge in [0.2, 0.25) is 5.91 Å². The van der Waals surface area contributed by atoms with Gasteiger partial charge in [-0.3, -0.25) is 10.1 Å². The van der Waals surface area contributed by atoms with Crippen molar-refractivity contribution in [2.45, 2.75) is 39.5 Å². The topological polar surface area (TPSA) is 92.4 Å². The molecule has 0 aliphatic rings. The maximum atomic E-state index is 12.1. The first-order valence-electron chi connectivity index (χ1n) is 8.75. The highest BCUT2D eigenvalue weighted by Crippen LogP contribution is 2.31. The van der Waals surface area contributed by atoms with E-state index in [1.807, 2.05) is 6.92 Å². The summed E-state index contributed by atoms with van der Waals surface area (Å²) in [6.07, 6.45) is 1.87. The third kappa shape index (κ3) is 6.10. The lowest BCUT2D eigenvalue weighted by Crippen LogP contribution is -2.31. The van der Waals surface area contributed by atoms with Crippen LogP contribution in [0, 0.1) is 6.92 Å². The van der Waals surface area contributed by atoms with E-state index in [2.05, 4.69) is 41.7 Å². The van der Waals surface area contributed by atoms with Gasteiger partial charge in [0.25, 0.3) is 0 Å². The molecule has 2 aromatic rings. The fraction of sp³-hybridized carbons (Fsp3) is 0.421. The summed E-state index contributed by atoms with van der Waals surface area (Å²) in [4.78, 5) is 29.4. The van der Waals surface area contributed by atoms with Crippen molar-refractivity contribution in [1.82, 2.24) is 10.3 Å². The summed E-state index contributed by atoms with van der Waals surface area (Å²) in [5.74, 6) is 0.234. The standard InChI is InChI=1S/C19H25ClN4O3S/c1-11-8-13(14(27-5)9-12(11)20)23-16(25)6-7-21-17(26)24-18-22-10-15(28-18)19(2,3)4/h8-10H,6-7H2,1-5H3,(H,23,25)(H2,21,22,24,26). The number of aryl methyl sites for hydroxylation is 1. The van der Waals surface area contributed by atoms with E-state index in [-0.39, 0.29) is 24.3 Å². The minimum absolute atomic E-state index is 0.0206. The number of amides is 3. The first-order chi connectivity index (χ1) is 13.1. The lowest BCUT2D eigenvalue weighted by atomic mass is 9.96. The molecule has 0 saturated carbocycles. The summed E-state index contributed by atoms with van der Waals surface area (Å²) in [7, 11) is 1.51. The number of hydrogen-bond donors (Lipinski definition) is 3. The molecule has 0 radical (unpaired) electrons. The van der Waals surface area contributed by atoms with E-state index in [9.17, 15) is 9.59 Å². The third-order valence-corrected chi connectivity index (χ3v) is 5.60. The van der Waals surface area contributed by atoms with Crippen LogP contribution in [0.25, 0.3) is 0 Å². The molecule has 0 atom stereocenters. The van der Waals surface area contributed by atoms with Crippen LogP contribution >= 0.6 is 22.9 Å². The number of methoxy groups -OCH3 is 1. The van der Waals surface area contributed by atoms with Gasteiger partial charge < -0.3 is 15.4 Å². The van der Waals surface area contributed by atoms with Gasteiger partial charge in [0, 0.05) is 35.1 Å². The molecule has 0 aliphatic carbocycles. The molecule has 3 amide bonds. The molecule has 9 heteroatoms. The van der Waals surface area contributed by atoms with Crippen LogP contribution in [-0.4, -0.2) is 30.6 Å². The molecule has 3 N–H and O–H groups in total. The van der Waals surface area contributed by atoms with Gasteiger partial charge in [-0.25, -0.2) is 9.78 Å². The predicted octanol–water partition coefficient (Wildman–Crippen LogP) is 4.56. The molecule has 0 spiro atoms. The number of nitrogens with zero attached hydrogens (tertiary/aromatic N) is 1. The van der Waals surface area contributed by atoms with Crippen LogP contribution < -0.4 is 20.7 Å². The van der Waals surface area contributed by atoms with Crippen molar-refractivity contribution >= 4 is 45.7 Å². The molecule has 1 heterocycles. The Bertz CT molecular complexity index is 861. The van der Waals surface area contributed by atoms with Crippen molar-refractivity contribution in [3.63, 3.8) is 0 Å². The van der Waals surface area contributed by atoms with Crippen LogP contribution in [0.5, 0.6) is 5.75 Å². The highest BCUT2D eigenvalue weighted by Gasteiger charge is 2.18. The zero-order valence-electron chi connectivity index (χ0n) is 16.6. The summed E-state index contributed by atoms with van der Waals surface area (Å²) in [6.45, 7) is 8.28. The van der Waals surface area contributed by atoms with Gasteiger partial charge in [-0.15, -0.1) is 11.3 Å². The number of carbonyl (C=O) groups excluding carboxylic acids is 2. The maximum Gasteiger partial charge on any atom is 0.321 e. The second kappa shape index (κ2) is 9.25. The Labute approximate surface area is 173 Å². The number of halogens is 1. The normalized spacial score (nSPS) is 11.1. The summed E-state index contributed by atoms with van der Waals surface area (Å²) in [5.41, 5.74) is 1.34. The van der Waals surface area contributed by atoms with Crippen LogP contribution in [0.3, 0.4) is 0 Å². The highest BCUT2D eigenvalue weighted by atomic mass is 35.5. The van der Waals surface area contributed by atoms with E-state index < -0.39 is 6.03 Å². The van der Waals surface area contributed by atoms with Crippen LogP contribution in [0.15, 0.2) is 18.3 Å². The summed E-state index contributed by atoms with van der Waals surface area (Å²) in [6, 6.07) is 2.99. The van der Waals surface area contributed by atoms with Gasteiger partial charge in [0.15, 0.2) is 5.13 Å². The van der Waals surface area contributed by atoms with Crippen molar-refractivity contribution in [3.8, 4) is 5.75 Å². The zero-order valence-corrected chi connectivity index (χ0v) is 18.2. The minimum atomic E-state index is -0.400. The molecular weight excluding hydrogens is 400 g/mol. The van der Waals surface area contributed by atoms with Gasteiger partial charge in [0.05, 0.1) is 12.8 Å². The molecule has 152 valence electrons. The molecule has 0 aliphatic heterocycles. The van der Waals surface area contributed by atoms with Crippen molar-refractivity contribution in [2.24, 2.45) is 0 Å². The van der Waals surface area contributed by atoms with Crippen LogP contribution in [0.2, 0.25) is 5.02 Å². The van der Waals surface area contributed by atoms with E-state index >= 15 is 0 Å². The fourth-order valence-electron chi connectivity index (χ4n) is 2.25. The first kappa shape index (κ1) is 22.0. The number of rotatable bonds is 6. The number of hydrogen-bond acceptors (Lipinski definition) is 5. The molecule has 0 unspecified atom stereocenters. The largest absolute Gasteiger partial charge is 0.495 e. The number of benzene rings is 1. The van der Waals surface area contributed by atoms with Gasteiger partial charge in [-0.05, 0) is 24.0 Å². The number of ether oxygens (including phenoxy) is 1. The lowest BCUT2D eigenvalue weighted by Gasteiger charge is -2.14. The van der Waals surface area contributed by atoms with E-state index in [1.165, 1.54) is 18.4 Å². The Morgan fingerprint density at radius 2 is 1.96 bits per heavy atom. The molecule has 0 bridgehead atoms. The molecule has 28 heavy (non-hydrogen) atoms. The number of anilines is 2. The van der Waals surface area contributed by atoms with E-state index in [1.54, 1.807) is 18.3 Å². The van der Waals surface area contributed by atoms with E-state index in [0.717, 1.165) is 10.4 Å². The molecule has 1 aromatic heterocycles. The van der Waals surface area contributed by atoms with Crippen molar-refractivity contribution in [1.29, 1.82) is 0 Å². The Kier molecular flexibility index (Phi) is 7.26. The summed E-state index contributed by atoms with van der Waals surface area (Å²) >= 11 is 7.49. The van der Waals surface area contributed by atoms with Crippen LogP contribution in [-0.2, 0) is 10.2 Å². The Balaban J connectivity index is 1.81. The van der Waals surface area contributed by atoms with Crippen molar-refractivity contribution in [3.05, 3.63) is 33.8 Å². The molecule has 1 aromatic carbocycles. The molecule has 0 saturated heterocycles. The van der Waals surface area contributed by atoms with E-state index in [0.29, 0.717) is 21.6 Å². The average Bonchev–Trinajstić information content (AvgIpc) is 3.06. The van der Waals surface area contributed by atoms with Crippen molar-refractivity contribution < 1.29 is 14.3 Å². The van der Waals surface area contributed by atoms with Crippen LogP contribution in [0.4, 0.5) is 15.6 Å². The van der Waals surface area contributed by atoms with Gasteiger partial charge in [-0.1, -0.05) is 32.4 Å². The molecule has 0 fully saturated rings. The molecule has 2 rings (SSSR count). The SMILES string of the molecule is COc1cc(Cl)c(C)cc1NC(=O)CCNC(=O)Nc1ncc(C(C)(C)C)s1. The third-order valence-electron chi connectivity index (χ3n) is 3.86. The zero-order chi connectivity index (χ0) is 20.9. The monoisotopic (exact) mass is 424 g/mol. The van der Waals surface area contributed by atoms with Gasteiger partial charge >= 0.3 is 6.03 Å². The quantitative estimate of drug-likeness (QED) is 0.633. The highest BCUT2D eigenvalue weighted by molar-refractivity contribution is 7.15. The number of aromatic nitrogens is 1. The molecule has 7 nitrogen and oxygen atoms in total. The van der Waals surface area contributed by atoms with Gasteiger partial charge in [0.1, 0.15) is 5.75 Å². The van der Waals surface area contributed by atoms with E-state index in [4.69, 9.17) is 16.3 Å². The number of nitrogens with one attached hydrogen (secondary N) is 3. The smallest absolute Gasteiger partial charge is 0.321 e. The summed E-state index contributed by atoms with van der Waals surface area (Å²) < 4.78 is 5.23. The Hall–Kier alpha value is -2.32. The maximum absolute atomic E-state index is 12.1. The minimum Gasteiger partial charge on any atom is -0.495 e. The predicted molar refractivity (Wildman–Crippen MR) is 114 cm³/mol. The fourth-order valence-corrected chi connectivity index (χ4v) is 3.27. The second-order valence-corrected chi connectivity index (χ2v) is 8.70. The number of thiazole rings is 1. The average molecular weight is 425 g/mol. The Morgan fingerprint density at radius 1 is 1.25 bits per heavy atom. The second-order valence-electron chi connectivity index (χ2n) is 7.26. The first-order valence-corrected chi connectivity index (χ1v) is 9.94. The summed E-state index contributed by atoms with van der Waals surface area (Å²) in [5, 5.41) is 9.18. The number of carbonyl (C=O) groups is 2.